The Morgan fingerprint density at radius 1 is 1.00 bits per heavy atom. The second kappa shape index (κ2) is 10.9. The number of rotatable bonds is 8. The van der Waals surface area contributed by atoms with Gasteiger partial charge in [-0.3, -0.25) is 10.1 Å². The van der Waals surface area contributed by atoms with E-state index < -0.39 is 17.8 Å². The van der Waals surface area contributed by atoms with Crippen molar-refractivity contribution in [3.05, 3.63) is 106 Å². The number of nitrogens with one attached hydrogen (secondary N) is 1. The predicted octanol–water partition coefficient (Wildman–Crippen LogP) is 8.94. The Morgan fingerprint density at radius 2 is 1.66 bits per heavy atom. The van der Waals surface area contributed by atoms with Crippen LogP contribution in [-0.4, -0.2) is 17.5 Å². The molecule has 0 aliphatic heterocycles. The van der Waals surface area contributed by atoms with Crippen molar-refractivity contribution in [3.8, 4) is 22.5 Å². The lowest BCUT2D eigenvalue weighted by atomic mass is 9.99. The topological polar surface area (TPSA) is 90.7 Å². The molecule has 1 N–H and O–H groups in total. The zero-order chi connectivity index (χ0) is 28.6. The van der Waals surface area contributed by atoms with Gasteiger partial charge in [0.15, 0.2) is 5.76 Å². The maximum Gasteiger partial charge on any atom is 0.412 e. The van der Waals surface area contributed by atoms with Crippen LogP contribution < -0.4 is 5.32 Å². The normalized spacial score (nSPS) is 14.3. The van der Waals surface area contributed by atoms with Crippen molar-refractivity contribution in [3.63, 3.8) is 0 Å². The number of fused-ring (bicyclic) bond motifs is 1. The Bertz CT molecular complexity index is 1750. The summed E-state index contributed by atoms with van der Waals surface area (Å²) in [7, 11) is 0. The molecular formula is C32H24Cl2N2O5. The molecule has 206 valence electrons. The maximum absolute atomic E-state index is 13.0. The lowest BCUT2D eigenvalue weighted by Gasteiger charge is -2.15. The fourth-order valence-corrected chi connectivity index (χ4v) is 5.35. The fraction of sp³-hybridized carbons (Fsp3) is 0.156. The quantitative estimate of drug-likeness (QED) is 0.182. The van der Waals surface area contributed by atoms with Gasteiger partial charge in [-0.25, -0.2) is 9.78 Å². The number of ether oxygens (including phenoxy) is 2. The van der Waals surface area contributed by atoms with Gasteiger partial charge >= 0.3 is 6.09 Å². The molecular weight excluding hydrogens is 563 g/mol. The fourth-order valence-electron chi connectivity index (χ4n) is 4.91. The zero-order valence-corrected chi connectivity index (χ0v) is 23.4. The molecule has 9 heteroatoms. The molecule has 1 aliphatic rings. The lowest BCUT2D eigenvalue weighted by Crippen LogP contribution is -2.16. The van der Waals surface area contributed by atoms with Crippen LogP contribution >= 0.6 is 23.2 Å². The van der Waals surface area contributed by atoms with Crippen LogP contribution in [0, 0.1) is 0 Å². The first-order chi connectivity index (χ1) is 19.9. The van der Waals surface area contributed by atoms with E-state index in [0.717, 1.165) is 35.1 Å². The first-order valence-electron chi connectivity index (χ1n) is 13.0. The van der Waals surface area contributed by atoms with Crippen LogP contribution in [0.5, 0.6) is 0 Å². The Labute approximate surface area is 246 Å². The van der Waals surface area contributed by atoms with Crippen molar-refractivity contribution >= 4 is 52.6 Å². The summed E-state index contributed by atoms with van der Waals surface area (Å²) in [6.45, 7) is 2.27. The Balaban J connectivity index is 1.27. The predicted molar refractivity (Wildman–Crippen MR) is 158 cm³/mol. The largest absolute Gasteiger partial charge is 0.456 e. The van der Waals surface area contributed by atoms with E-state index in [1.54, 1.807) is 25.1 Å². The van der Waals surface area contributed by atoms with Gasteiger partial charge in [0.1, 0.15) is 17.4 Å². The summed E-state index contributed by atoms with van der Waals surface area (Å²) < 4.78 is 17.0. The van der Waals surface area contributed by atoms with Gasteiger partial charge in [0.05, 0.1) is 10.4 Å². The van der Waals surface area contributed by atoms with Crippen molar-refractivity contribution in [1.29, 1.82) is 0 Å². The van der Waals surface area contributed by atoms with Crippen LogP contribution in [0.4, 0.5) is 10.5 Å². The third-order valence-corrected chi connectivity index (χ3v) is 7.79. The molecule has 1 fully saturated rings. The van der Waals surface area contributed by atoms with Gasteiger partial charge in [0, 0.05) is 22.3 Å². The standard InChI is InChI=1S/C32H24Cl2N2O5/c1-19(25-4-2-3-5-27(25)34)40-31(38)36-28-26-16-24(33)17-35-30(26)41-29(28)22-8-6-20(7-9-22)21-10-12-23(13-11-21)32(14-15-32)39-18-37/h2-13,16-19H,14-15H2,1H3,(H,36,38)/t19-/m1/s1. The first-order valence-corrected chi connectivity index (χ1v) is 13.8. The van der Waals surface area contributed by atoms with E-state index in [2.05, 4.69) is 10.3 Å². The molecule has 1 amide bonds. The molecule has 1 saturated carbocycles. The van der Waals surface area contributed by atoms with Crippen molar-refractivity contribution in [2.75, 3.05) is 5.32 Å². The Kier molecular flexibility index (Phi) is 7.15. The minimum absolute atomic E-state index is 0.324. The molecule has 5 aromatic rings. The molecule has 3 aromatic carbocycles. The van der Waals surface area contributed by atoms with E-state index in [0.29, 0.717) is 44.6 Å². The van der Waals surface area contributed by atoms with Gasteiger partial charge in [0.25, 0.3) is 6.47 Å². The van der Waals surface area contributed by atoms with Crippen molar-refractivity contribution in [1.82, 2.24) is 4.98 Å². The molecule has 0 spiro atoms. The molecule has 0 unspecified atom stereocenters. The highest BCUT2D eigenvalue weighted by Crippen LogP contribution is 2.49. The lowest BCUT2D eigenvalue weighted by molar-refractivity contribution is -0.136. The van der Waals surface area contributed by atoms with Crippen molar-refractivity contribution < 1.29 is 23.5 Å². The second-order valence-electron chi connectivity index (χ2n) is 9.87. The summed E-state index contributed by atoms with van der Waals surface area (Å²) in [5.41, 5.74) is 4.65. The number of carbonyl (C=O) groups excluding carboxylic acids is 2. The number of amides is 1. The summed E-state index contributed by atoms with van der Waals surface area (Å²) in [5, 5.41) is 4.28. The zero-order valence-electron chi connectivity index (χ0n) is 21.9. The third-order valence-electron chi connectivity index (χ3n) is 7.24. The Morgan fingerprint density at radius 3 is 2.32 bits per heavy atom. The number of carbonyl (C=O) groups is 2. The van der Waals surface area contributed by atoms with Gasteiger partial charge in [0.2, 0.25) is 5.71 Å². The van der Waals surface area contributed by atoms with Crippen LogP contribution in [0.15, 0.2) is 89.5 Å². The average Bonchev–Trinajstić information content (AvgIpc) is 3.69. The molecule has 0 bridgehead atoms. The average molecular weight is 587 g/mol. The second-order valence-corrected chi connectivity index (χ2v) is 10.7. The number of halogens is 2. The van der Waals surface area contributed by atoms with Crippen LogP contribution in [0.25, 0.3) is 33.6 Å². The van der Waals surface area contributed by atoms with Crippen molar-refractivity contribution in [2.24, 2.45) is 0 Å². The number of pyridine rings is 1. The molecule has 7 nitrogen and oxygen atoms in total. The summed E-state index contributed by atoms with van der Waals surface area (Å²) in [6, 6.07) is 24.6. The number of nitrogens with zero attached hydrogens (tertiary/aromatic N) is 1. The van der Waals surface area contributed by atoms with E-state index in [1.807, 2.05) is 60.7 Å². The van der Waals surface area contributed by atoms with Crippen LogP contribution in [0.3, 0.4) is 0 Å². The van der Waals surface area contributed by atoms with E-state index in [9.17, 15) is 9.59 Å². The van der Waals surface area contributed by atoms with Gasteiger partial charge in [-0.2, -0.15) is 0 Å². The molecule has 0 saturated heterocycles. The number of anilines is 1. The van der Waals surface area contributed by atoms with Crippen LogP contribution in [0.1, 0.15) is 37.0 Å². The Hall–Kier alpha value is -4.33. The van der Waals surface area contributed by atoms with Gasteiger partial charge in [-0.05, 0) is 48.6 Å². The van der Waals surface area contributed by atoms with Gasteiger partial charge < -0.3 is 13.9 Å². The summed E-state index contributed by atoms with van der Waals surface area (Å²) in [4.78, 5) is 28.2. The highest BCUT2D eigenvalue weighted by Gasteiger charge is 2.46. The number of aromatic nitrogens is 1. The van der Waals surface area contributed by atoms with E-state index >= 15 is 0 Å². The SMILES string of the molecule is C[C@@H](OC(=O)Nc1c(-c2ccc(-c3ccc(C4(OC=O)CC4)cc3)cc2)oc2ncc(Cl)cc12)c1ccccc1Cl. The van der Waals surface area contributed by atoms with E-state index in [4.69, 9.17) is 37.1 Å². The van der Waals surface area contributed by atoms with Gasteiger partial charge in [-0.15, -0.1) is 0 Å². The highest BCUT2D eigenvalue weighted by molar-refractivity contribution is 6.31. The number of benzene rings is 3. The molecule has 2 heterocycles. The monoisotopic (exact) mass is 586 g/mol. The number of hydrogen-bond donors (Lipinski definition) is 1. The molecule has 1 aliphatic carbocycles. The summed E-state index contributed by atoms with van der Waals surface area (Å²) in [5.74, 6) is 0.417. The molecule has 41 heavy (non-hydrogen) atoms. The summed E-state index contributed by atoms with van der Waals surface area (Å²) >= 11 is 12.5. The molecule has 6 rings (SSSR count). The minimum Gasteiger partial charge on any atom is -0.456 e. The van der Waals surface area contributed by atoms with Crippen molar-refractivity contribution in [2.45, 2.75) is 31.5 Å². The molecule has 1 atom stereocenters. The van der Waals surface area contributed by atoms with Crippen LogP contribution in [-0.2, 0) is 19.9 Å². The smallest absolute Gasteiger partial charge is 0.412 e. The number of furan rings is 1. The van der Waals surface area contributed by atoms with E-state index in [-0.39, 0.29) is 0 Å². The maximum atomic E-state index is 13.0. The first kappa shape index (κ1) is 26.9. The number of hydrogen-bond acceptors (Lipinski definition) is 6. The highest BCUT2D eigenvalue weighted by atomic mass is 35.5. The third kappa shape index (κ3) is 5.38. The van der Waals surface area contributed by atoms with E-state index in [1.165, 1.54) is 6.20 Å². The van der Waals surface area contributed by atoms with Crippen LogP contribution in [0.2, 0.25) is 10.0 Å². The van der Waals surface area contributed by atoms with Gasteiger partial charge in [-0.1, -0.05) is 89.9 Å². The summed E-state index contributed by atoms with van der Waals surface area (Å²) in [6.07, 6.45) is 1.89. The minimum atomic E-state index is -0.676. The molecule has 2 aromatic heterocycles. The molecule has 0 radical (unpaired) electrons.